The average molecular weight is 592 g/mol. The summed E-state index contributed by atoms with van der Waals surface area (Å²) in [5.41, 5.74) is 0.0233. The Morgan fingerprint density at radius 3 is 1.27 bits per heavy atom. The predicted octanol–water partition coefficient (Wildman–Crippen LogP) is 2.06. The summed E-state index contributed by atoms with van der Waals surface area (Å²) in [6.07, 6.45) is 0.250. The zero-order chi connectivity index (χ0) is 29.6. The maximum absolute atomic E-state index is 11.1. The van der Waals surface area contributed by atoms with Gasteiger partial charge in [0.2, 0.25) is 0 Å². The SMILES string of the molecule is CCOC(=O)CCOCCOCCOCCOCCOCCOCCOCCOCCOc1ccc([N+](=O)[O-])cc1. The topological polar surface area (TPSA) is 153 Å². The highest BCUT2D eigenvalue weighted by atomic mass is 16.6. The third-order valence-electron chi connectivity index (χ3n) is 4.90. The molecular weight excluding hydrogens is 546 g/mol. The molecule has 1 aromatic rings. The van der Waals surface area contributed by atoms with E-state index in [0.717, 1.165) is 0 Å². The number of carbonyl (C=O) groups is 1. The summed E-state index contributed by atoms with van der Waals surface area (Å²) in [5.74, 6) is 0.296. The van der Waals surface area contributed by atoms with E-state index in [4.69, 9.17) is 47.4 Å². The van der Waals surface area contributed by atoms with Gasteiger partial charge in [0.05, 0.1) is 124 Å². The Balaban J connectivity index is 1.68. The van der Waals surface area contributed by atoms with Gasteiger partial charge >= 0.3 is 5.97 Å². The van der Waals surface area contributed by atoms with Crippen molar-refractivity contribution < 1.29 is 57.1 Å². The van der Waals surface area contributed by atoms with Crippen LogP contribution in [0.4, 0.5) is 5.69 Å². The van der Waals surface area contributed by atoms with Gasteiger partial charge in [-0.1, -0.05) is 0 Å². The minimum atomic E-state index is -0.455. The van der Waals surface area contributed by atoms with Gasteiger partial charge in [0.25, 0.3) is 5.69 Å². The van der Waals surface area contributed by atoms with E-state index in [1.807, 2.05) is 0 Å². The summed E-state index contributed by atoms with van der Waals surface area (Å²) in [4.78, 5) is 21.3. The molecule has 0 radical (unpaired) electrons. The number of nitro groups is 1. The van der Waals surface area contributed by atoms with Crippen LogP contribution in [0.1, 0.15) is 13.3 Å². The fourth-order valence-corrected chi connectivity index (χ4v) is 2.91. The van der Waals surface area contributed by atoms with E-state index in [0.29, 0.717) is 125 Å². The summed E-state index contributed by atoms with van der Waals surface area (Å²) in [6.45, 7) is 9.66. The standard InChI is InChI=1S/C27H45NO13/c1-2-40-27(29)7-8-32-9-10-33-11-12-34-13-14-35-15-16-36-17-18-37-19-20-38-21-22-39-23-24-41-26-5-3-25(4-6-26)28(30)31/h3-6H,2,7-24H2,1H3. The Hall–Kier alpha value is -2.43. The number of nitrogens with zero attached hydrogens (tertiary/aromatic N) is 1. The van der Waals surface area contributed by atoms with Crippen molar-refractivity contribution in [3.63, 3.8) is 0 Å². The molecule has 41 heavy (non-hydrogen) atoms. The minimum Gasteiger partial charge on any atom is -0.491 e. The van der Waals surface area contributed by atoms with E-state index < -0.39 is 4.92 Å². The summed E-state index contributed by atoms with van der Waals surface area (Å²) in [5, 5.41) is 10.6. The lowest BCUT2D eigenvalue weighted by molar-refractivity contribution is -0.384. The molecule has 0 N–H and O–H groups in total. The lowest BCUT2D eigenvalue weighted by atomic mass is 10.3. The molecule has 236 valence electrons. The Kier molecular flexibility index (Phi) is 24.7. The van der Waals surface area contributed by atoms with Crippen LogP contribution in [-0.2, 0) is 47.4 Å². The molecule has 14 nitrogen and oxygen atoms in total. The van der Waals surface area contributed by atoms with Crippen LogP contribution in [0.5, 0.6) is 5.75 Å². The molecule has 14 heteroatoms. The summed E-state index contributed by atoms with van der Waals surface area (Å²) in [7, 11) is 0. The monoisotopic (exact) mass is 591 g/mol. The number of nitro benzene ring substituents is 1. The van der Waals surface area contributed by atoms with Gasteiger partial charge in [-0.15, -0.1) is 0 Å². The number of esters is 1. The van der Waals surface area contributed by atoms with E-state index in [-0.39, 0.29) is 18.1 Å². The Morgan fingerprint density at radius 2 is 0.927 bits per heavy atom. The average Bonchev–Trinajstić information content (AvgIpc) is 2.97. The lowest BCUT2D eigenvalue weighted by Gasteiger charge is -2.09. The molecule has 0 aliphatic carbocycles. The Bertz CT molecular complexity index is 751. The van der Waals surface area contributed by atoms with Crippen molar-refractivity contribution in [2.75, 3.05) is 119 Å². The first kappa shape index (κ1) is 36.6. The fraction of sp³-hybridized carbons (Fsp3) is 0.741. The fourth-order valence-electron chi connectivity index (χ4n) is 2.91. The molecule has 0 atom stereocenters. The second-order valence-electron chi connectivity index (χ2n) is 8.05. The van der Waals surface area contributed by atoms with Gasteiger partial charge in [0.15, 0.2) is 0 Å². The molecule has 0 aliphatic heterocycles. The molecule has 0 saturated heterocycles. The van der Waals surface area contributed by atoms with Gasteiger partial charge in [-0.2, -0.15) is 0 Å². The molecule has 0 fully saturated rings. The van der Waals surface area contributed by atoms with Crippen molar-refractivity contribution in [1.82, 2.24) is 0 Å². The van der Waals surface area contributed by atoms with Crippen molar-refractivity contribution in [2.24, 2.45) is 0 Å². The van der Waals surface area contributed by atoms with Crippen LogP contribution >= 0.6 is 0 Å². The zero-order valence-corrected chi connectivity index (χ0v) is 24.0. The van der Waals surface area contributed by atoms with Crippen LogP contribution in [0.15, 0.2) is 24.3 Å². The van der Waals surface area contributed by atoms with E-state index in [2.05, 4.69) is 0 Å². The third-order valence-corrected chi connectivity index (χ3v) is 4.90. The summed E-state index contributed by atoms with van der Waals surface area (Å²) in [6, 6.07) is 5.89. The molecule has 1 aromatic carbocycles. The van der Waals surface area contributed by atoms with E-state index in [1.54, 1.807) is 19.1 Å². The molecule has 0 amide bonds. The highest BCUT2D eigenvalue weighted by molar-refractivity contribution is 5.69. The normalized spacial score (nSPS) is 11.0. The quantitative estimate of drug-likeness (QED) is 0.0556. The number of carbonyl (C=O) groups excluding carboxylic acids is 1. The van der Waals surface area contributed by atoms with Crippen LogP contribution < -0.4 is 4.74 Å². The van der Waals surface area contributed by atoms with Crippen molar-refractivity contribution >= 4 is 11.7 Å². The first-order valence-corrected chi connectivity index (χ1v) is 13.8. The third kappa shape index (κ3) is 23.9. The highest BCUT2D eigenvalue weighted by Crippen LogP contribution is 2.17. The van der Waals surface area contributed by atoms with E-state index in [9.17, 15) is 14.9 Å². The minimum absolute atomic E-state index is 0.0233. The number of benzene rings is 1. The van der Waals surface area contributed by atoms with Crippen molar-refractivity contribution in [2.45, 2.75) is 13.3 Å². The van der Waals surface area contributed by atoms with Crippen molar-refractivity contribution in [1.29, 1.82) is 0 Å². The molecule has 0 aliphatic rings. The molecular formula is C27H45NO13. The van der Waals surface area contributed by atoms with Gasteiger partial charge in [-0.3, -0.25) is 14.9 Å². The number of hydrogen-bond acceptors (Lipinski definition) is 13. The molecule has 0 saturated carbocycles. The first-order chi connectivity index (χ1) is 20.1. The van der Waals surface area contributed by atoms with E-state index >= 15 is 0 Å². The van der Waals surface area contributed by atoms with Crippen LogP contribution in [0.25, 0.3) is 0 Å². The largest absolute Gasteiger partial charge is 0.491 e. The van der Waals surface area contributed by atoms with Gasteiger partial charge in [0.1, 0.15) is 12.4 Å². The predicted molar refractivity (Wildman–Crippen MR) is 146 cm³/mol. The number of ether oxygens (including phenoxy) is 10. The molecule has 1 rings (SSSR count). The second kappa shape index (κ2) is 27.7. The van der Waals surface area contributed by atoms with Crippen LogP contribution in [0, 0.1) is 10.1 Å². The van der Waals surface area contributed by atoms with Crippen LogP contribution in [0.3, 0.4) is 0 Å². The van der Waals surface area contributed by atoms with Crippen LogP contribution in [-0.4, -0.2) is 130 Å². The maximum Gasteiger partial charge on any atom is 0.308 e. The number of rotatable bonds is 30. The number of non-ortho nitro benzene ring substituents is 1. The Morgan fingerprint density at radius 1 is 0.585 bits per heavy atom. The lowest BCUT2D eigenvalue weighted by Crippen LogP contribution is -2.15. The second-order valence-corrected chi connectivity index (χ2v) is 8.05. The molecule has 0 bridgehead atoms. The molecule has 0 heterocycles. The Labute approximate surface area is 241 Å². The van der Waals surface area contributed by atoms with Gasteiger partial charge in [-0.05, 0) is 19.1 Å². The zero-order valence-electron chi connectivity index (χ0n) is 24.0. The summed E-state index contributed by atoms with van der Waals surface area (Å²) < 4.78 is 53.5. The van der Waals surface area contributed by atoms with E-state index in [1.165, 1.54) is 12.1 Å². The van der Waals surface area contributed by atoms with Crippen molar-refractivity contribution in [3.8, 4) is 5.75 Å². The highest BCUT2D eigenvalue weighted by Gasteiger charge is 2.04. The molecule has 0 aromatic heterocycles. The summed E-state index contributed by atoms with van der Waals surface area (Å²) >= 11 is 0. The smallest absolute Gasteiger partial charge is 0.308 e. The van der Waals surface area contributed by atoms with Crippen LogP contribution in [0.2, 0.25) is 0 Å². The van der Waals surface area contributed by atoms with Gasteiger partial charge in [-0.25, -0.2) is 0 Å². The molecule has 0 unspecified atom stereocenters. The molecule has 0 spiro atoms. The van der Waals surface area contributed by atoms with Crippen molar-refractivity contribution in [3.05, 3.63) is 34.4 Å². The first-order valence-electron chi connectivity index (χ1n) is 13.8. The van der Waals surface area contributed by atoms with Gasteiger partial charge < -0.3 is 47.4 Å². The number of hydrogen-bond donors (Lipinski definition) is 0. The van der Waals surface area contributed by atoms with Gasteiger partial charge in [0, 0.05) is 12.1 Å². The maximum atomic E-state index is 11.1.